The Morgan fingerprint density at radius 1 is 1.37 bits per heavy atom. The summed E-state index contributed by atoms with van der Waals surface area (Å²) >= 11 is 3.50. The summed E-state index contributed by atoms with van der Waals surface area (Å²) in [7, 11) is 0. The molecule has 0 bridgehead atoms. The van der Waals surface area contributed by atoms with Gasteiger partial charge in [0.1, 0.15) is 12.4 Å². The Kier molecular flexibility index (Phi) is 5.12. The smallest absolute Gasteiger partial charge is 0.258 e. The number of nitrogens with one attached hydrogen (secondary N) is 3. The molecule has 0 saturated carbocycles. The standard InChI is InChI=1S/C20H19BrN4O2/c21-13-5-6-15-16(9-13)17-18(12(3-2-8-26)10-23-20(17)27)25-19(15)24-14-4-1-7-22-11-14/h5-6,9-10,14,22,26H,1,4,7-8,11H2,(H,23,27)(H,24,25)/t14-/m0/s1. The lowest BCUT2D eigenvalue weighted by atomic mass is 10.0. The molecular formula is C20H19BrN4O2. The molecule has 1 aromatic carbocycles. The van der Waals surface area contributed by atoms with Gasteiger partial charge in [-0.2, -0.15) is 0 Å². The number of aliphatic hydroxyl groups is 1. The fourth-order valence-corrected chi connectivity index (χ4v) is 3.86. The van der Waals surface area contributed by atoms with Gasteiger partial charge in [0.05, 0.1) is 16.5 Å². The maximum atomic E-state index is 12.6. The van der Waals surface area contributed by atoms with Crippen molar-refractivity contribution in [1.29, 1.82) is 0 Å². The maximum Gasteiger partial charge on any atom is 0.258 e. The van der Waals surface area contributed by atoms with Crippen molar-refractivity contribution in [2.75, 3.05) is 25.0 Å². The molecule has 3 aromatic rings. The van der Waals surface area contributed by atoms with Crippen LogP contribution < -0.4 is 16.2 Å². The normalized spacial score (nSPS) is 16.9. The highest BCUT2D eigenvalue weighted by Crippen LogP contribution is 2.31. The molecule has 0 unspecified atom stereocenters. The summed E-state index contributed by atoms with van der Waals surface area (Å²) in [6.45, 7) is 1.66. The molecule has 3 heterocycles. The van der Waals surface area contributed by atoms with E-state index in [1.165, 1.54) is 0 Å². The Bertz CT molecular complexity index is 1120. The number of hydrogen-bond acceptors (Lipinski definition) is 5. The first-order valence-electron chi connectivity index (χ1n) is 8.89. The summed E-state index contributed by atoms with van der Waals surface area (Å²) < 4.78 is 0.888. The maximum absolute atomic E-state index is 12.6. The first-order valence-corrected chi connectivity index (χ1v) is 9.68. The first-order chi connectivity index (χ1) is 13.2. The van der Waals surface area contributed by atoms with Crippen LogP contribution in [0, 0.1) is 11.8 Å². The lowest BCUT2D eigenvalue weighted by molar-refractivity contribution is 0.350. The predicted molar refractivity (Wildman–Crippen MR) is 111 cm³/mol. The van der Waals surface area contributed by atoms with Gasteiger partial charge < -0.3 is 20.7 Å². The molecule has 0 radical (unpaired) electrons. The molecule has 1 saturated heterocycles. The van der Waals surface area contributed by atoms with Gasteiger partial charge in [-0.1, -0.05) is 27.8 Å². The van der Waals surface area contributed by atoms with Crippen LogP contribution in [0.25, 0.3) is 21.7 Å². The van der Waals surface area contributed by atoms with Crippen LogP contribution in [0.15, 0.2) is 33.7 Å². The number of benzene rings is 1. The average Bonchev–Trinajstić information content (AvgIpc) is 2.68. The summed E-state index contributed by atoms with van der Waals surface area (Å²) in [6, 6.07) is 6.13. The molecule has 0 amide bonds. The minimum atomic E-state index is -0.251. The van der Waals surface area contributed by atoms with Crippen LogP contribution in [-0.2, 0) is 0 Å². The SMILES string of the molecule is O=c1[nH]cc(C#CCO)c2nc(N[C@H]3CCCNC3)c3ccc(Br)cc3c12. The van der Waals surface area contributed by atoms with Crippen molar-refractivity contribution in [3.8, 4) is 11.8 Å². The Labute approximate surface area is 164 Å². The summed E-state index contributed by atoms with van der Waals surface area (Å²) in [5, 5.41) is 18.2. The van der Waals surface area contributed by atoms with E-state index >= 15 is 0 Å². The van der Waals surface area contributed by atoms with Gasteiger partial charge in [0.25, 0.3) is 5.56 Å². The van der Waals surface area contributed by atoms with Gasteiger partial charge in [0.15, 0.2) is 0 Å². The summed E-state index contributed by atoms with van der Waals surface area (Å²) in [6.07, 6.45) is 3.73. The van der Waals surface area contributed by atoms with Crippen LogP contribution in [-0.4, -0.2) is 40.8 Å². The Morgan fingerprint density at radius 3 is 3.04 bits per heavy atom. The van der Waals surface area contributed by atoms with E-state index in [9.17, 15) is 4.79 Å². The molecule has 4 N–H and O–H groups in total. The summed E-state index contributed by atoms with van der Waals surface area (Å²) in [5.74, 6) is 6.28. The van der Waals surface area contributed by atoms with Crippen molar-refractivity contribution in [2.24, 2.45) is 0 Å². The van der Waals surface area contributed by atoms with Crippen LogP contribution in [0.1, 0.15) is 18.4 Å². The summed E-state index contributed by atoms with van der Waals surface area (Å²) in [4.78, 5) is 20.1. The average molecular weight is 427 g/mol. The predicted octanol–water partition coefficient (Wildman–Crippen LogP) is 2.35. The molecule has 6 nitrogen and oxygen atoms in total. The molecule has 7 heteroatoms. The van der Waals surface area contributed by atoms with Crippen molar-refractivity contribution in [2.45, 2.75) is 18.9 Å². The second-order valence-corrected chi connectivity index (χ2v) is 7.47. The number of rotatable bonds is 2. The quantitative estimate of drug-likeness (QED) is 0.373. The lowest BCUT2D eigenvalue weighted by Gasteiger charge is -2.25. The van der Waals surface area contributed by atoms with E-state index in [4.69, 9.17) is 10.1 Å². The zero-order valence-electron chi connectivity index (χ0n) is 14.6. The number of aromatic amines is 1. The molecule has 0 aliphatic carbocycles. The number of piperidine rings is 1. The Balaban J connectivity index is 1.99. The Hall–Kier alpha value is -2.40. The number of nitrogens with zero attached hydrogens (tertiary/aromatic N) is 1. The lowest BCUT2D eigenvalue weighted by Crippen LogP contribution is -2.38. The van der Waals surface area contributed by atoms with E-state index in [0.717, 1.165) is 47.0 Å². The molecule has 1 aliphatic heterocycles. The minimum absolute atomic E-state index is 0.207. The molecule has 4 rings (SSSR count). The third-order valence-corrected chi connectivity index (χ3v) is 5.23. The van der Waals surface area contributed by atoms with Crippen LogP contribution in [0.4, 0.5) is 5.82 Å². The van der Waals surface area contributed by atoms with Gasteiger partial charge in [-0.3, -0.25) is 4.79 Å². The van der Waals surface area contributed by atoms with E-state index < -0.39 is 0 Å². The van der Waals surface area contributed by atoms with Gasteiger partial charge in [-0.05, 0) is 37.6 Å². The molecule has 1 fully saturated rings. The molecular weight excluding hydrogens is 408 g/mol. The van der Waals surface area contributed by atoms with Crippen LogP contribution in [0.3, 0.4) is 0 Å². The van der Waals surface area contributed by atoms with E-state index in [0.29, 0.717) is 16.5 Å². The van der Waals surface area contributed by atoms with Gasteiger partial charge in [-0.15, -0.1) is 0 Å². The first kappa shape index (κ1) is 18.0. The topological polar surface area (TPSA) is 90.0 Å². The number of halogens is 1. The molecule has 27 heavy (non-hydrogen) atoms. The summed E-state index contributed by atoms with van der Waals surface area (Å²) in [5.41, 5.74) is 0.919. The minimum Gasteiger partial charge on any atom is -0.384 e. The number of fused-ring (bicyclic) bond motifs is 3. The third kappa shape index (κ3) is 3.56. The van der Waals surface area contributed by atoms with Crippen molar-refractivity contribution >= 4 is 43.4 Å². The highest BCUT2D eigenvalue weighted by atomic mass is 79.9. The number of aromatic nitrogens is 2. The van der Waals surface area contributed by atoms with Crippen molar-refractivity contribution < 1.29 is 5.11 Å². The van der Waals surface area contributed by atoms with Crippen LogP contribution in [0.2, 0.25) is 0 Å². The van der Waals surface area contributed by atoms with Crippen molar-refractivity contribution in [1.82, 2.24) is 15.3 Å². The highest BCUT2D eigenvalue weighted by molar-refractivity contribution is 9.10. The fraction of sp³-hybridized carbons (Fsp3) is 0.300. The van der Waals surface area contributed by atoms with Crippen molar-refractivity contribution in [3.63, 3.8) is 0 Å². The van der Waals surface area contributed by atoms with Crippen LogP contribution >= 0.6 is 15.9 Å². The van der Waals surface area contributed by atoms with Gasteiger partial charge >= 0.3 is 0 Å². The zero-order chi connectivity index (χ0) is 18.8. The Morgan fingerprint density at radius 2 is 2.26 bits per heavy atom. The van der Waals surface area contributed by atoms with Gasteiger partial charge in [-0.25, -0.2) is 4.98 Å². The second-order valence-electron chi connectivity index (χ2n) is 6.55. The van der Waals surface area contributed by atoms with Crippen molar-refractivity contribution in [3.05, 3.63) is 44.8 Å². The van der Waals surface area contributed by atoms with E-state index in [-0.39, 0.29) is 18.2 Å². The molecule has 1 atom stereocenters. The molecule has 1 aliphatic rings. The molecule has 2 aromatic heterocycles. The number of H-pyrrole nitrogens is 1. The highest BCUT2D eigenvalue weighted by Gasteiger charge is 2.18. The van der Waals surface area contributed by atoms with E-state index in [1.807, 2.05) is 18.2 Å². The zero-order valence-corrected chi connectivity index (χ0v) is 16.2. The van der Waals surface area contributed by atoms with Crippen LogP contribution in [0.5, 0.6) is 0 Å². The second kappa shape index (κ2) is 7.69. The van der Waals surface area contributed by atoms with Gasteiger partial charge in [0.2, 0.25) is 0 Å². The number of anilines is 1. The monoisotopic (exact) mass is 426 g/mol. The number of aliphatic hydroxyl groups excluding tert-OH is 1. The van der Waals surface area contributed by atoms with E-state index in [2.05, 4.69) is 43.4 Å². The molecule has 0 spiro atoms. The number of hydrogen-bond donors (Lipinski definition) is 4. The fourth-order valence-electron chi connectivity index (χ4n) is 3.50. The van der Waals surface area contributed by atoms with Gasteiger partial charge in [0, 0.05) is 34.0 Å². The third-order valence-electron chi connectivity index (χ3n) is 4.74. The largest absolute Gasteiger partial charge is 0.384 e. The van der Waals surface area contributed by atoms with E-state index in [1.54, 1.807) is 6.20 Å². The number of pyridine rings is 2. The molecule has 138 valence electrons.